The summed E-state index contributed by atoms with van der Waals surface area (Å²) in [5.41, 5.74) is 0.514. The first-order chi connectivity index (χ1) is 11.8. The van der Waals surface area contributed by atoms with Gasteiger partial charge in [0, 0.05) is 12.2 Å². The van der Waals surface area contributed by atoms with E-state index in [2.05, 4.69) is 21.6 Å². The highest BCUT2D eigenvalue weighted by atomic mass is 32.2. The van der Waals surface area contributed by atoms with E-state index in [0.29, 0.717) is 11.7 Å². The molecule has 0 bridgehead atoms. The fraction of sp³-hybridized carbons (Fsp3) is 0.471. The summed E-state index contributed by atoms with van der Waals surface area (Å²) in [6, 6.07) is 11.5. The third-order valence-electron chi connectivity index (χ3n) is 3.49. The molecule has 0 fully saturated rings. The van der Waals surface area contributed by atoms with Crippen LogP contribution in [0.1, 0.15) is 34.1 Å². The van der Waals surface area contributed by atoms with E-state index in [9.17, 15) is 4.79 Å². The van der Waals surface area contributed by atoms with Gasteiger partial charge in [0.25, 0.3) is 0 Å². The van der Waals surface area contributed by atoms with E-state index >= 15 is 0 Å². The van der Waals surface area contributed by atoms with E-state index in [1.165, 1.54) is 11.8 Å². The maximum absolute atomic E-state index is 13.0. The molecule has 2 rings (SSSR count). The molecule has 1 aromatic carbocycles. The smallest absolute Gasteiger partial charge is 0.240 e. The van der Waals surface area contributed by atoms with Crippen LogP contribution in [0.4, 0.5) is 5.69 Å². The molecule has 0 spiro atoms. The number of nitrogens with zero attached hydrogens (tertiary/aromatic N) is 6. The largest absolute Gasteiger partial charge is 0.310 e. The van der Waals surface area contributed by atoms with Crippen molar-refractivity contribution in [1.29, 1.82) is 5.26 Å². The second-order valence-corrected chi connectivity index (χ2v) is 7.85. The minimum atomic E-state index is -0.383. The molecule has 1 amide bonds. The van der Waals surface area contributed by atoms with Crippen LogP contribution in [0.25, 0.3) is 0 Å². The van der Waals surface area contributed by atoms with Crippen LogP contribution in [-0.4, -0.2) is 37.9 Å². The van der Waals surface area contributed by atoms with Crippen LogP contribution in [0.5, 0.6) is 0 Å². The number of para-hydroxylation sites is 1. The summed E-state index contributed by atoms with van der Waals surface area (Å²) in [5.74, 6) is -0.0742. The molecule has 0 N–H and O–H groups in total. The fourth-order valence-corrected chi connectivity index (χ4v) is 3.28. The molecular formula is C17H22N6OS. The summed E-state index contributed by atoms with van der Waals surface area (Å²) in [7, 11) is 0. The lowest BCUT2D eigenvalue weighted by Gasteiger charge is -2.25. The Hall–Kier alpha value is -2.40. The van der Waals surface area contributed by atoms with Crippen molar-refractivity contribution in [1.82, 2.24) is 20.2 Å². The molecule has 1 heterocycles. The Morgan fingerprint density at radius 3 is 2.64 bits per heavy atom. The van der Waals surface area contributed by atoms with Gasteiger partial charge in [-0.25, -0.2) is 4.68 Å². The lowest BCUT2D eigenvalue weighted by atomic mass is 10.1. The number of carbonyl (C=O) groups is 1. The topological polar surface area (TPSA) is 87.7 Å². The van der Waals surface area contributed by atoms with Crippen molar-refractivity contribution < 1.29 is 4.79 Å². The van der Waals surface area contributed by atoms with E-state index in [4.69, 9.17) is 5.26 Å². The summed E-state index contributed by atoms with van der Waals surface area (Å²) in [5, 5.41) is 20.9. The van der Waals surface area contributed by atoms with Crippen LogP contribution >= 0.6 is 11.8 Å². The van der Waals surface area contributed by atoms with Gasteiger partial charge in [-0.3, -0.25) is 4.79 Å². The van der Waals surface area contributed by atoms with Crippen LogP contribution < -0.4 is 4.90 Å². The Labute approximate surface area is 152 Å². The number of amides is 1. The van der Waals surface area contributed by atoms with Crippen molar-refractivity contribution in [2.24, 2.45) is 0 Å². The molecule has 0 radical (unpaired) electrons. The highest BCUT2D eigenvalue weighted by Gasteiger charge is 2.27. The van der Waals surface area contributed by atoms with E-state index in [-0.39, 0.29) is 23.1 Å². The first-order valence-corrected chi connectivity index (χ1v) is 8.91. The van der Waals surface area contributed by atoms with Gasteiger partial charge in [-0.15, -0.1) is 5.10 Å². The highest BCUT2D eigenvalue weighted by molar-refractivity contribution is 8.00. The highest BCUT2D eigenvalue weighted by Crippen LogP contribution is 2.27. The summed E-state index contributed by atoms with van der Waals surface area (Å²) in [6.45, 7) is 8.20. The van der Waals surface area contributed by atoms with Gasteiger partial charge in [-0.2, -0.15) is 5.26 Å². The number of nitriles is 1. The first kappa shape index (κ1) is 18.9. The van der Waals surface area contributed by atoms with Gasteiger partial charge in [0.1, 0.15) is 0 Å². The lowest BCUT2D eigenvalue weighted by molar-refractivity contribution is -0.117. The molecule has 8 heteroatoms. The van der Waals surface area contributed by atoms with Gasteiger partial charge in [-0.05, 0) is 50.3 Å². The van der Waals surface area contributed by atoms with Crippen molar-refractivity contribution in [2.75, 3.05) is 11.4 Å². The number of aromatic nitrogens is 4. The number of rotatable bonds is 6. The molecular weight excluding hydrogens is 336 g/mol. The molecule has 2 aromatic rings. The average molecular weight is 358 g/mol. The fourth-order valence-electron chi connectivity index (χ4n) is 2.24. The van der Waals surface area contributed by atoms with Crippen molar-refractivity contribution in [3.63, 3.8) is 0 Å². The summed E-state index contributed by atoms with van der Waals surface area (Å²) < 4.78 is 1.71. The summed E-state index contributed by atoms with van der Waals surface area (Å²) in [6.07, 6.45) is 0.276. The predicted molar refractivity (Wildman–Crippen MR) is 97.2 cm³/mol. The van der Waals surface area contributed by atoms with Crippen LogP contribution in [0.15, 0.2) is 35.5 Å². The first-order valence-electron chi connectivity index (χ1n) is 8.03. The lowest BCUT2D eigenvalue weighted by Crippen LogP contribution is -2.37. The Morgan fingerprint density at radius 2 is 2.04 bits per heavy atom. The van der Waals surface area contributed by atoms with Crippen molar-refractivity contribution in [2.45, 2.75) is 50.1 Å². The number of tetrazole rings is 1. The van der Waals surface area contributed by atoms with Crippen LogP contribution in [0.2, 0.25) is 0 Å². The number of thioether (sulfide) groups is 1. The van der Waals surface area contributed by atoms with Crippen LogP contribution in [0, 0.1) is 11.3 Å². The third kappa shape index (κ3) is 4.79. The van der Waals surface area contributed by atoms with Crippen LogP contribution in [-0.2, 0) is 10.3 Å². The second kappa shape index (κ2) is 8.12. The zero-order chi connectivity index (χ0) is 18.4. The van der Waals surface area contributed by atoms with E-state index in [0.717, 1.165) is 5.69 Å². The van der Waals surface area contributed by atoms with Gasteiger partial charge in [0.2, 0.25) is 11.1 Å². The molecule has 0 saturated heterocycles. The molecule has 0 aliphatic heterocycles. The Kier molecular flexibility index (Phi) is 6.15. The zero-order valence-electron chi connectivity index (χ0n) is 14.9. The number of hydrogen-bond donors (Lipinski definition) is 0. The maximum Gasteiger partial charge on any atom is 0.240 e. The Bertz CT molecular complexity index is 746. The Morgan fingerprint density at radius 1 is 1.36 bits per heavy atom. The van der Waals surface area contributed by atoms with Crippen LogP contribution in [0.3, 0.4) is 0 Å². The molecule has 0 saturated carbocycles. The number of carbonyl (C=O) groups excluding carboxylic acids is 1. The van der Waals surface area contributed by atoms with Gasteiger partial charge in [0.05, 0.1) is 23.3 Å². The maximum atomic E-state index is 13.0. The zero-order valence-corrected chi connectivity index (χ0v) is 15.7. The van der Waals surface area contributed by atoms with E-state index < -0.39 is 0 Å². The predicted octanol–water partition coefficient (Wildman–Crippen LogP) is 2.86. The minimum Gasteiger partial charge on any atom is -0.310 e. The summed E-state index contributed by atoms with van der Waals surface area (Å²) >= 11 is 1.32. The molecule has 1 atom stereocenters. The van der Waals surface area contributed by atoms with Gasteiger partial charge in [-0.1, -0.05) is 30.0 Å². The van der Waals surface area contributed by atoms with Crippen molar-refractivity contribution >= 4 is 23.4 Å². The number of benzene rings is 1. The molecule has 25 heavy (non-hydrogen) atoms. The van der Waals surface area contributed by atoms with Gasteiger partial charge < -0.3 is 4.90 Å². The van der Waals surface area contributed by atoms with Crippen molar-refractivity contribution in [3.8, 4) is 6.07 Å². The van der Waals surface area contributed by atoms with Gasteiger partial charge >= 0.3 is 0 Å². The molecule has 1 aromatic heterocycles. The Balaban J connectivity index is 2.19. The number of anilines is 1. The minimum absolute atomic E-state index is 0.0742. The third-order valence-corrected chi connectivity index (χ3v) is 4.51. The summed E-state index contributed by atoms with van der Waals surface area (Å²) in [4.78, 5) is 14.6. The number of hydrogen-bond acceptors (Lipinski definition) is 6. The van der Waals surface area contributed by atoms with E-state index in [1.54, 1.807) is 9.58 Å². The molecule has 132 valence electrons. The SMILES string of the molecule is CC(Sc1nnnn1C(C)(C)C)C(=O)N(CCC#N)c1ccccc1. The molecule has 0 aliphatic carbocycles. The quantitative estimate of drug-likeness (QED) is 0.738. The normalized spacial score (nSPS) is 12.4. The van der Waals surface area contributed by atoms with E-state index in [1.807, 2.05) is 58.0 Å². The van der Waals surface area contributed by atoms with Crippen molar-refractivity contribution in [3.05, 3.63) is 30.3 Å². The second-order valence-electron chi connectivity index (χ2n) is 6.54. The average Bonchev–Trinajstić information content (AvgIpc) is 3.04. The molecule has 1 unspecified atom stereocenters. The molecule has 0 aliphatic rings. The van der Waals surface area contributed by atoms with Gasteiger partial charge in [0.15, 0.2) is 0 Å². The molecule has 7 nitrogen and oxygen atoms in total. The monoisotopic (exact) mass is 358 g/mol. The standard InChI is InChI=1S/C17H22N6OS/c1-13(25-16-19-20-21-23(16)17(2,3)4)15(24)22(12-8-11-18)14-9-6-5-7-10-14/h5-7,9-10,13H,8,12H2,1-4H3.